The first kappa shape index (κ1) is 14.6. The molecule has 1 N–H and O–H groups in total. The van der Waals surface area contributed by atoms with Crippen molar-refractivity contribution in [1.82, 2.24) is 0 Å². The van der Waals surface area contributed by atoms with Crippen LogP contribution in [-0.2, 0) is 6.18 Å². The van der Waals surface area contributed by atoms with Gasteiger partial charge in [-0.25, -0.2) is 4.39 Å². The molecule has 0 saturated heterocycles. The summed E-state index contributed by atoms with van der Waals surface area (Å²) in [6.45, 7) is -0.605. The van der Waals surface area contributed by atoms with E-state index < -0.39 is 42.4 Å². The molecule has 1 aromatic rings. The van der Waals surface area contributed by atoms with Gasteiger partial charge in [-0.15, -0.1) is 0 Å². The fraction of sp³-hybridized carbons (Fsp3) is 0.400. The molecule has 1 aromatic carbocycles. The average Bonchev–Trinajstić information content (AvgIpc) is 2.17. The summed E-state index contributed by atoms with van der Waals surface area (Å²) in [5, 5.41) is 2.09. The van der Waals surface area contributed by atoms with Crippen LogP contribution in [0, 0.1) is 5.82 Å². The molecule has 0 radical (unpaired) electrons. The molecule has 0 spiro atoms. The van der Waals surface area contributed by atoms with Crippen LogP contribution in [0.1, 0.15) is 12.0 Å². The quantitative estimate of drug-likeness (QED) is 0.815. The Hall–Kier alpha value is -1.47. The molecule has 8 heteroatoms. The minimum Gasteiger partial charge on any atom is -0.382 e. The summed E-state index contributed by atoms with van der Waals surface area (Å²) in [6.07, 6.45) is -10.3. The van der Waals surface area contributed by atoms with Crippen LogP contribution in [-0.4, -0.2) is 12.7 Å². The van der Waals surface area contributed by atoms with E-state index in [9.17, 15) is 30.7 Å². The summed E-state index contributed by atoms with van der Waals surface area (Å²) in [7, 11) is 0. The van der Waals surface area contributed by atoms with Gasteiger partial charge in [0.1, 0.15) is 5.82 Å². The largest absolute Gasteiger partial charge is 0.416 e. The Morgan fingerprint density at radius 3 is 2.06 bits per heavy atom. The lowest BCUT2D eigenvalue weighted by atomic mass is 10.2. The fourth-order valence-corrected chi connectivity index (χ4v) is 1.17. The number of benzene rings is 1. The third kappa shape index (κ3) is 4.42. The number of alkyl halides is 6. The maximum Gasteiger partial charge on any atom is 0.416 e. The molecule has 0 aliphatic rings. The van der Waals surface area contributed by atoms with Crippen molar-refractivity contribution in [1.29, 1.82) is 0 Å². The zero-order valence-electron chi connectivity index (χ0n) is 8.79. The minimum atomic E-state index is -4.69. The lowest BCUT2D eigenvalue weighted by Crippen LogP contribution is -2.15. The second-order valence-electron chi connectivity index (χ2n) is 3.48. The molecule has 1 nitrogen and oxygen atoms in total. The van der Waals surface area contributed by atoms with E-state index in [1.54, 1.807) is 0 Å². The summed E-state index contributed by atoms with van der Waals surface area (Å²) in [5.41, 5.74) is -1.59. The normalized spacial score (nSPS) is 12.6. The zero-order valence-corrected chi connectivity index (χ0v) is 8.79. The molecule has 0 bridgehead atoms. The van der Waals surface area contributed by atoms with E-state index in [2.05, 4.69) is 5.32 Å². The van der Waals surface area contributed by atoms with Crippen molar-refractivity contribution in [2.24, 2.45) is 0 Å². The molecule has 0 aliphatic heterocycles. The predicted molar refractivity (Wildman–Crippen MR) is 50.6 cm³/mol. The van der Waals surface area contributed by atoms with Crippen LogP contribution in [0.3, 0.4) is 0 Å². The molecule has 0 amide bonds. The number of nitrogens with one attached hydrogen (secondary N) is 1. The van der Waals surface area contributed by atoms with Crippen LogP contribution in [0.5, 0.6) is 0 Å². The fourth-order valence-electron chi connectivity index (χ4n) is 1.17. The van der Waals surface area contributed by atoms with Crippen LogP contribution in [0.15, 0.2) is 18.2 Å². The smallest absolute Gasteiger partial charge is 0.382 e. The first-order valence-electron chi connectivity index (χ1n) is 4.77. The molecule has 0 aromatic heterocycles. The Kier molecular flexibility index (Phi) is 4.08. The van der Waals surface area contributed by atoms with E-state index in [0.29, 0.717) is 6.07 Å². The van der Waals surface area contributed by atoms with Gasteiger partial charge in [0.25, 0.3) is 0 Å². The predicted octanol–water partition coefficient (Wildman–Crippen LogP) is 4.21. The standard InChI is InChI=1S/C10H8F7N/c11-7-5-6(10(15,16)17)1-2-8(7)18-4-3-9(12,13)14/h1-2,5,18H,3-4H2. The van der Waals surface area contributed by atoms with Gasteiger partial charge in [0.15, 0.2) is 0 Å². The first-order chi connectivity index (χ1) is 8.09. The van der Waals surface area contributed by atoms with Crippen molar-refractivity contribution in [3.05, 3.63) is 29.6 Å². The van der Waals surface area contributed by atoms with Crippen LogP contribution in [0.2, 0.25) is 0 Å². The van der Waals surface area contributed by atoms with E-state index in [1.807, 2.05) is 0 Å². The van der Waals surface area contributed by atoms with Crippen molar-refractivity contribution >= 4 is 5.69 Å². The molecule has 0 atom stereocenters. The third-order valence-electron chi connectivity index (χ3n) is 2.02. The molecule has 1 rings (SSSR count). The van der Waals surface area contributed by atoms with Crippen molar-refractivity contribution < 1.29 is 30.7 Å². The summed E-state index contributed by atoms with van der Waals surface area (Å²) in [6, 6.07) is 1.59. The highest BCUT2D eigenvalue weighted by atomic mass is 19.4. The topological polar surface area (TPSA) is 12.0 Å². The van der Waals surface area contributed by atoms with E-state index in [1.165, 1.54) is 0 Å². The van der Waals surface area contributed by atoms with Crippen molar-refractivity contribution in [3.8, 4) is 0 Å². The highest BCUT2D eigenvalue weighted by Crippen LogP contribution is 2.31. The van der Waals surface area contributed by atoms with Gasteiger partial charge in [-0.05, 0) is 18.2 Å². The second-order valence-corrected chi connectivity index (χ2v) is 3.48. The summed E-state index contributed by atoms with van der Waals surface area (Å²) in [4.78, 5) is 0. The summed E-state index contributed by atoms with van der Waals surface area (Å²) < 4.78 is 85.1. The first-order valence-corrected chi connectivity index (χ1v) is 4.77. The van der Waals surface area contributed by atoms with E-state index in [4.69, 9.17) is 0 Å². The monoisotopic (exact) mass is 275 g/mol. The van der Waals surface area contributed by atoms with Gasteiger partial charge in [0.05, 0.1) is 17.7 Å². The highest BCUT2D eigenvalue weighted by Gasteiger charge is 2.31. The van der Waals surface area contributed by atoms with Gasteiger partial charge in [-0.2, -0.15) is 26.3 Å². The van der Waals surface area contributed by atoms with Gasteiger partial charge >= 0.3 is 12.4 Å². The Morgan fingerprint density at radius 1 is 1.00 bits per heavy atom. The SMILES string of the molecule is Fc1cc(C(F)(F)F)ccc1NCCC(F)(F)F. The zero-order chi connectivity index (χ0) is 14.0. The van der Waals surface area contributed by atoms with Crippen LogP contribution in [0.4, 0.5) is 36.4 Å². The van der Waals surface area contributed by atoms with E-state index in [0.717, 1.165) is 6.07 Å². The molecule has 0 saturated carbocycles. The molecule has 0 unspecified atom stereocenters. The van der Waals surface area contributed by atoms with Gasteiger partial charge in [-0.1, -0.05) is 0 Å². The number of hydrogen-bond acceptors (Lipinski definition) is 1. The molecule has 0 aliphatic carbocycles. The highest BCUT2D eigenvalue weighted by molar-refractivity contribution is 5.46. The summed E-state index contributed by atoms with van der Waals surface area (Å²) >= 11 is 0. The molecular formula is C10H8F7N. The average molecular weight is 275 g/mol. The van der Waals surface area contributed by atoms with Crippen molar-refractivity contribution in [2.75, 3.05) is 11.9 Å². The molecular weight excluding hydrogens is 267 g/mol. The Morgan fingerprint density at radius 2 is 1.61 bits per heavy atom. The van der Waals surface area contributed by atoms with Gasteiger partial charge in [0.2, 0.25) is 0 Å². The second kappa shape index (κ2) is 5.03. The Bertz CT molecular complexity index is 408. The summed E-state index contributed by atoms with van der Waals surface area (Å²) in [5.74, 6) is -1.24. The maximum absolute atomic E-state index is 13.2. The van der Waals surface area contributed by atoms with Gasteiger partial charge < -0.3 is 5.32 Å². The van der Waals surface area contributed by atoms with Crippen LogP contribution >= 0.6 is 0 Å². The number of halogens is 7. The van der Waals surface area contributed by atoms with Crippen LogP contribution < -0.4 is 5.32 Å². The number of anilines is 1. The molecule has 0 fully saturated rings. The molecule has 0 heterocycles. The van der Waals surface area contributed by atoms with E-state index in [-0.39, 0.29) is 6.07 Å². The van der Waals surface area contributed by atoms with Crippen molar-refractivity contribution in [2.45, 2.75) is 18.8 Å². The molecule has 102 valence electrons. The third-order valence-corrected chi connectivity index (χ3v) is 2.02. The maximum atomic E-state index is 13.2. The number of hydrogen-bond donors (Lipinski definition) is 1. The molecule has 18 heavy (non-hydrogen) atoms. The van der Waals surface area contributed by atoms with Gasteiger partial charge in [0, 0.05) is 6.54 Å². The van der Waals surface area contributed by atoms with E-state index >= 15 is 0 Å². The van der Waals surface area contributed by atoms with Crippen molar-refractivity contribution in [3.63, 3.8) is 0 Å². The van der Waals surface area contributed by atoms with Gasteiger partial charge in [-0.3, -0.25) is 0 Å². The Balaban J connectivity index is 2.69. The lowest BCUT2D eigenvalue weighted by molar-refractivity contribution is -0.137. The minimum absolute atomic E-state index is 0.232. The lowest BCUT2D eigenvalue weighted by Gasteiger charge is -2.11. The van der Waals surface area contributed by atoms with Crippen LogP contribution in [0.25, 0.3) is 0 Å². The number of rotatable bonds is 3. The Labute approximate surface area is 97.6 Å².